The fourth-order valence-corrected chi connectivity index (χ4v) is 2.71. The quantitative estimate of drug-likeness (QED) is 0.933. The highest BCUT2D eigenvalue weighted by molar-refractivity contribution is 6.34. The van der Waals surface area contributed by atoms with Gasteiger partial charge in [-0.05, 0) is 30.9 Å². The molecule has 20 heavy (non-hydrogen) atoms. The van der Waals surface area contributed by atoms with Gasteiger partial charge in [-0.3, -0.25) is 9.59 Å². The molecule has 6 heteroatoms. The number of rotatable bonds is 3. The SMILES string of the molecule is O=C(O)CC1CCCN(C(=O)c2cccc(F)c2Cl)C1. The summed E-state index contributed by atoms with van der Waals surface area (Å²) in [5.41, 5.74) is 0.127. The molecule has 1 atom stereocenters. The molecule has 1 unspecified atom stereocenters. The van der Waals surface area contributed by atoms with Crippen molar-refractivity contribution in [1.82, 2.24) is 4.90 Å². The number of hydrogen-bond donors (Lipinski definition) is 1. The second-order valence-corrected chi connectivity index (χ2v) is 5.34. The van der Waals surface area contributed by atoms with Gasteiger partial charge < -0.3 is 10.0 Å². The van der Waals surface area contributed by atoms with Gasteiger partial charge in [-0.15, -0.1) is 0 Å². The minimum absolute atomic E-state index is 0.0423. The van der Waals surface area contributed by atoms with Crippen LogP contribution in [-0.4, -0.2) is 35.0 Å². The lowest BCUT2D eigenvalue weighted by molar-refractivity contribution is -0.138. The van der Waals surface area contributed by atoms with Crippen LogP contribution in [0.1, 0.15) is 29.6 Å². The summed E-state index contributed by atoms with van der Waals surface area (Å²) in [5.74, 6) is -1.90. The van der Waals surface area contributed by atoms with E-state index in [9.17, 15) is 14.0 Å². The Balaban J connectivity index is 2.12. The maximum Gasteiger partial charge on any atom is 0.303 e. The van der Waals surface area contributed by atoms with Crippen LogP contribution in [0.3, 0.4) is 0 Å². The first-order valence-corrected chi connectivity index (χ1v) is 6.82. The first-order valence-electron chi connectivity index (χ1n) is 6.44. The molecule has 0 saturated carbocycles. The first-order chi connectivity index (χ1) is 9.49. The molecule has 0 radical (unpaired) electrons. The van der Waals surface area contributed by atoms with Crippen LogP contribution in [0.25, 0.3) is 0 Å². The van der Waals surface area contributed by atoms with Gasteiger partial charge in [-0.25, -0.2) is 4.39 Å². The lowest BCUT2D eigenvalue weighted by Gasteiger charge is -2.32. The summed E-state index contributed by atoms with van der Waals surface area (Å²) in [6, 6.07) is 4.12. The van der Waals surface area contributed by atoms with Gasteiger partial charge in [-0.1, -0.05) is 17.7 Å². The average molecular weight is 300 g/mol. The van der Waals surface area contributed by atoms with E-state index in [4.69, 9.17) is 16.7 Å². The minimum Gasteiger partial charge on any atom is -0.481 e. The number of carboxylic acids is 1. The maximum atomic E-state index is 13.4. The van der Waals surface area contributed by atoms with Crippen molar-refractivity contribution in [2.24, 2.45) is 5.92 Å². The van der Waals surface area contributed by atoms with Gasteiger partial charge >= 0.3 is 5.97 Å². The number of carboxylic acid groups (broad SMARTS) is 1. The molecule has 1 aliphatic rings. The third-order valence-electron chi connectivity index (χ3n) is 3.45. The highest BCUT2D eigenvalue weighted by atomic mass is 35.5. The second kappa shape index (κ2) is 6.22. The molecule has 0 aliphatic carbocycles. The summed E-state index contributed by atoms with van der Waals surface area (Å²) in [5, 5.41) is 8.63. The van der Waals surface area contributed by atoms with Crippen molar-refractivity contribution in [3.05, 3.63) is 34.6 Å². The molecule has 1 N–H and O–H groups in total. The second-order valence-electron chi connectivity index (χ2n) is 4.96. The monoisotopic (exact) mass is 299 g/mol. The van der Waals surface area contributed by atoms with E-state index in [0.29, 0.717) is 13.1 Å². The van der Waals surface area contributed by atoms with Crippen LogP contribution in [0.2, 0.25) is 5.02 Å². The molecule has 1 aromatic rings. The van der Waals surface area contributed by atoms with Crippen LogP contribution < -0.4 is 0 Å². The standard InChI is InChI=1S/C14H15ClFNO3/c15-13-10(4-1-5-11(13)16)14(20)17-6-2-3-9(8-17)7-12(18)19/h1,4-5,9H,2-3,6-8H2,(H,18,19). The topological polar surface area (TPSA) is 57.6 Å². The Hall–Kier alpha value is -1.62. The van der Waals surface area contributed by atoms with E-state index in [1.54, 1.807) is 4.90 Å². The Morgan fingerprint density at radius 3 is 2.90 bits per heavy atom. The van der Waals surface area contributed by atoms with Gasteiger partial charge in [0.15, 0.2) is 0 Å². The molecule has 1 aliphatic heterocycles. The normalized spacial score (nSPS) is 18.9. The van der Waals surface area contributed by atoms with Crippen molar-refractivity contribution < 1.29 is 19.1 Å². The zero-order chi connectivity index (χ0) is 14.7. The number of carbonyl (C=O) groups is 2. The predicted octanol–water partition coefficient (Wildman–Crippen LogP) is 2.81. The van der Waals surface area contributed by atoms with Crippen molar-refractivity contribution in [2.75, 3.05) is 13.1 Å². The maximum absolute atomic E-state index is 13.4. The number of aliphatic carboxylic acids is 1. The molecule has 1 saturated heterocycles. The van der Waals surface area contributed by atoms with Crippen LogP contribution in [0.5, 0.6) is 0 Å². The van der Waals surface area contributed by atoms with Crippen molar-refractivity contribution in [2.45, 2.75) is 19.3 Å². The molecule has 108 valence electrons. The van der Waals surface area contributed by atoms with Crippen LogP contribution in [-0.2, 0) is 4.79 Å². The lowest BCUT2D eigenvalue weighted by Crippen LogP contribution is -2.40. The number of benzene rings is 1. The Labute approximate surface area is 121 Å². The molecular formula is C14H15ClFNO3. The van der Waals surface area contributed by atoms with Crippen LogP contribution in [0, 0.1) is 11.7 Å². The molecule has 1 fully saturated rings. The highest BCUT2D eigenvalue weighted by Crippen LogP contribution is 2.25. The van der Waals surface area contributed by atoms with E-state index in [1.807, 2.05) is 0 Å². The Morgan fingerprint density at radius 1 is 1.45 bits per heavy atom. The minimum atomic E-state index is -0.868. The van der Waals surface area contributed by atoms with Crippen molar-refractivity contribution in [3.63, 3.8) is 0 Å². The van der Waals surface area contributed by atoms with Gasteiger partial charge in [0.1, 0.15) is 5.82 Å². The highest BCUT2D eigenvalue weighted by Gasteiger charge is 2.27. The number of amides is 1. The molecule has 2 rings (SSSR count). The summed E-state index contributed by atoms with van der Waals surface area (Å²) >= 11 is 5.81. The Morgan fingerprint density at radius 2 is 2.20 bits per heavy atom. The fraction of sp³-hybridized carbons (Fsp3) is 0.429. The zero-order valence-corrected chi connectivity index (χ0v) is 11.6. The Kier molecular flexibility index (Phi) is 4.60. The van der Waals surface area contributed by atoms with Gasteiger partial charge in [0.25, 0.3) is 5.91 Å². The molecule has 1 amide bonds. The first kappa shape index (κ1) is 14.8. The number of likely N-dealkylation sites (tertiary alicyclic amines) is 1. The number of halogens is 2. The lowest BCUT2D eigenvalue weighted by atomic mass is 9.94. The van der Waals surface area contributed by atoms with Crippen molar-refractivity contribution in [1.29, 1.82) is 0 Å². The summed E-state index contributed by atoms with van der Waals surface area (Å²) in [7, 11) is 0. The molecule has 4 nitrogen and oxygen atoms in total. The molecule has 1 aromatic carbocycles. The van der Waals surface area contributed by atoms with E-state index in [0.717, 1.165) is 12.8 Å². The van der Waals surface area contributed by atoms with Crippen LogP contribution in [0.4, 0.5) is 4.39 Å². The van der Waals surface area contributed by atoms with Crippen molar-refractivity contribution in [3.8, 4) is 0 Å². The van der Waals surface area contributed by atoms with E-state index in [2.05, 4.69) is 0 Å². The van der Waals surface area contributed by atoms with Gasteiger partial charge in [0.05, 0.1) is 10.6 Å². The predicted molar refractivity (Wildman–Crippen MR) is 72.3 cm³/mol. The largest absolute Gasteiger partial charge is 0.481 e. The van der Waals surface area contributed by atoms with Gasteiger partial charge in [0.2, 0.25) is 0 Å². The summed E-state index contributed by atoms with van der Waals surface area (Å²) in [6.45, 7) is 0.916. The van der Waals surface area contributed by atoms with Gasteiger partial charge in [0, 0.05) is 19.5 Å². The van der Waals surface area contributed by atoms with E-state index < -0.39 is 11.8 Å². The number of piperidine rings is 1. The molecule has 0 bridgehead atoms. The molecular weight excluding hydrogens is 285 g/mol. The van der Waals surface area contributed by atoms with Gasteiger partial charge in [-0.2, -0.15) is 0 Å². The molecule has 0 spiro atoms. The van der Waals surface area contributed by atoms with E-state index >= 15 is 0 Å². The number of hydrogen-bond acceptors (Lipinski definition) is 2. The van der Waals surface area contributed by atoms with Crippen molar-refractivity contribution >= 4 is 23.5 Å². The molecule has 0 aromatic heterocycles. The fourth-order valence-electron chi connectivity index (χ4n) is 2.50. The number of carbonyl (C=O) groups excluding carboxylic acids is 1. The molecule has 1 heterocycles. The summed E-state index contributed by atoms with van der Waals surface area (Å²) in [6.07, 6.45) is 1.57. The summed E-state index contributed by atoms with van der Waals surface area (Å²) < 4.78 is 13.4. The van der Waals surface area contributed by atoms with Crippen LogP contribution in [0.15, 0.2) is 18.2 Å². The summed E-state index contributed by atoms with van der Waals surface area (Å²) in [4.78, 5) is 24.6. The van der Waals surface area contributed by atoms with E-state index in [-0.39, 0.29) is 28.8 Å². The Bertz CT molecular complexity index is 535. The number of nitrogens with zero attached hydrogens (tertiary/aromatic N) is 1. The third-order valence-corrected chi connectivity index (χ3v) is 3.84. The zero-order valence-electron chi connectivity index (χ0n) is 10.8. The van der Waals surface area contributed by atoms with Crippen LogP contribution >= 0.6 is 11.6 Å². The third kappa shape index (κ3) is 3.28. The van der Waals surface area contributed by atoms with E-state index in [1.165, 1.54) is 18.2 Å². The smallest absolute Gasteiger partial charge is 0.303 e. The average Bonchev–Trinajstić information content (AvgIpc) is 2.41.